The number of hydrogen-bond donors (Lipinski definition) is 2. The highest BCUT2D eigenvalue weighted by atomic mass is 16.5. The van der Waals surface area contributed by atoms with E-state index in [1.807, 2.05) is 6.92 Å². The van der Waals surface area contributed by atoms with Crippen LogP contribution in [0.25, 0.3) is 0 Å². The third-order valence-corrected chi connectivity index (χ3v) is 2.39. The van der Waals surface area contributed by atoms with Gasteiger partial charge in [0.15, 0.2) is 0 Å². The van der Waals surface area contributed by atoms with Crippen molar-refractivity contribution in [2.24, 2.45) is 5.73 Å². The minimum absolute atomic E-state index is 0.0938. The van der Waals surface area contributed by atoms with E-state index in [0.717, 1.165) is 18.4 Å². The zero-order valence-corrected chi connectivity index (χ0v) is 11.5. The Hall–Kier alpha value is -1.59. The fraction of sp³-hybridized carbons (Fsp3) is 0.500. The summed E-state index contributed by atoms with van der Waals surface area (Å²) >= 11 is 0. The third kappa shape index (κ3) is 8.18. The van der Waals surface area contributed by atoms with Crippen LogP contribution in [0.1, 0.15) is 25.3 Å². The van der Waals surface area contributed by atoms with Crippen molar-refractivity contribution in [1.82, 2.24) is 0 Å². The summed E-state index contributed by atoms with van der Waals surface area (Å²) in [7, 11) is 1.30. The lowest BCUT2D eigenvalue weighted by molar-refractivity contribution is -0.142. The highest BCUT2D eigenvalue weighted by Crippen LogP contribution is 2.10. The van der Waals surface area contributed by atoms with Crippen molar-refractivity contribution in [3.05, 3.63) is 29.8 Å². The van der Waals surface area contributed by atoms with Crippen LogP contribution < -0.4 is 5.73 Å². The first kappa shape index (κ1) is 17.4. The average molecular weight is 268 g/mol. The highest BCUT2D eigenvalue weighted by molar-refractivity contribution is 5.75. The molecular weight excluding hydrogens is 246 g/mol. The van der Waals surface area contributed by atoms with Gasteiger partial charge in [-0.3, -0.25) is 4.79 Å². The number of phenols is 1. The van der Waals surface area contributed by atoms with E-state index < -0.39 is 12.0 Å². The van der Waals surface area contributed by atoms with Crippen LogP contribution in [0.5, 0.6) is 5.75 Å². The Morgan fingerprint density at radius 3 is 2.32 bits per heavy atom. The first-order chi connectivity index (χ1) is 9.04. The molecule has 0 fully saturated rings. The van der Waals surface area contributed by atoms with Gasteiger partial charge in [0.1, 0.15) is 11.8 Å². The molecule has 3 N–H and O–H groups in total. The zero-order chi connectivity index (χ0) is 14.7. The number of phenolic OH excluding ortho intramolecular Hbond substituents is 1. The van der Waals surface area contributed by atoms with Crippen LogP contribution >= 0.6 is 0 Å². The molecular formula is C14H22NO4. The smallest absolute Gasteiger partial charge is 0.322 e. The molecule has 0 amide bonds. The quantitative estimate of drug-likeness (QED) is 0.794. The lowest BCUT2D eigenvalue weighted by Crippen LogP contribution is -2.33. The summed E-state index contributed by atoms with van der Waals surface area (Å²) in [5, 5.41) is 18.6. The molecule has 0 aliphatic rings. The number of carbonyl (C=O) groups excluding carboxylic acids is 1. The molecule has 0 heterocycles. The normalized spacial score (nSPS) is 11.2. The van der Waals surface area contributed by atoms with E-state index >= 15 is 0 Å². The van der Waals surface area contributed by atoms with Crippen LogP contribution in [0.15, 0.2) is 24.3 Å². The summed E-state index contributed by atoms with van der Waals surface area (Å²) < 4.78 is 4.49. The second kappa shape index (κ2) is 10.3. The molecule has 1 aromatic rings. The number of unbranched alkanes of at least 4 members (excludes halogenated alkanes) is 1. The van der Waals surface area contributed by atoms with Crippen LogP contribution in [-0.4, -0.2) is 30.8 Å². The molecule has 0 spiro atoms. The Morgan fingerprint density at radius 1 is 1.37 bits per heavy atom. The van der Waals surface area contributed by atoms with Crippen LogP contribution in [0.3, 0.4) is 0 Å². The molecule has 19 heavy (non-hydrogen) atoms. The molecule has 1 atom stereocenters. The van der Waals surface area contributed by atoms with E-state index in [1.165, 1.54) is 7.11 Å². The zero-order valence-electron chi connectivity index (χ0n) is 11.5. The minimum atomic E-state index is -0.649. The molecule has 0 aliphatic carbocycles. The highest BCUT2D eigenvalue weighted by Gasteiger charge is 2.13. The van der Waals surface area contributed by atoms with Gasteiger partial charge >= 0.3 is 5.97 Å². The number of benzene rings is 1. The minimum Gasteiger partial charge on any atom is -0.508 e. The Labute approximate surface area is 114 Å². The number of hydrogen-bond acceptors (Lipinski definition) is 4. The van der Waals surface area contributed by atoms with Gasteiger partial charge in [0.2, 0.25) is 0 Å². The first-order valence-corrected chi connectivity index (χ1v) is 6.24. The summed E-state index contributed by atoms with van der Waals surface area (Å²) in [4.78, 5) is 11.0. The van der Waals surface area contributed by atoms with E-state index in [2.05, 4.69) is 4.74 Å². The van der Waals surface area contributed by atoms with Crippen molar-refractivity contribution in [3.63, 3.8) is 0 Å². The molecule has 1 rings (SSSR count). The largest absolute Gasteiger partial charge is 0.508 e. The van der Waals surface area contributed by atoms with Gasteiger partial charge < -0.3 is 15.6 Å². The Bertz CT molecular complexity index is 349. The van der Waals surface area contributed by atoms with Crippen molar-refractivity contribution in [3.8, 4) is 5.75 Å². The van der Waals surface area contributed by atoms with Crippen LogP contribution in [-0.2, 0) is 21.1 Å². The summed E-state index contributed by atoms with van der Waals surface area (Å²) in [6.07, 6.45) is 2.27. The number of carbonyl (C=O) groups is 1. The van der Waals surface area contributed by atoms with Crippen molar-refractivity contribution < 1.29 is 19.7 Å². The number of ether oxygens (including phenoxy) is 1. The second-order valence-electron chi connectivity index (χ2n) is 4.06. The van der Waals surface area contributed by atoms with E-state index in [9.17, 15) is 9.90 Å². The van der Waals surface area contributed by atoms with E-state index in [4.69, 9.17) is 10.8 Å². The van der Waals surface area contributed by atoms with Crippen molar-refractivity contribution >= 4 is 5.97 Å². The van der Waals surface area contributed by atoms with Crippen LogP contribution in [0, 0.1) is 0 Å². The molecule has 1 radical (unpaired) electrons. The summed E-state index contributed by atoms with van der Waals surface area (Å²) in [6.45, 7) is 2.11. The monoisotopic (exact) mass is 268 g/mol. The molecule has 0 saturated heterocycles. The fourth-order valence-corrected chi connectivity index (χ4v) is 1.27. The van der Waals surface area contributed by atoms with Gasteiger partial charge in [-0.25, -0.2) is 5.11 Å². The maximum Gasteiger partial charge on any atom is 0.322 e. The number of methoxy groups -OCH3 is 1. The number of rotatable bonds is 5. The SMILES string of the molecule is CCCC[O].COC(=O)C(N)Cc1ccc(O)cc1. The molecule has 5 nitrogen and oxygen atoms in total. The van der Waals surface area contributed by atoms with Gasteiger partial charge in [-0.2, -0.15) is 0 Å². The summed E-state index contributed by atoms with van der Waals surface area (Å²) in [6, 6.07) is 5.90. The van der Waals surface area contributed by atoms with E-state index in [1.54, 1.807) is 24.3 Å². The average Bonchev–Trinajstić information content (AvgIpc) is 2.42. The maximum absolute atomic E-state index is 11.0. The number of nitrogens with two attached hydrogens (primary N) is 1. The van der Waals surface area contributed by atoms with Crippen molar-refractivity contribution in [1.29, 1.82) is 0 Å². The van der Waals surface area contributed by atoms with Gasteiger partial charge in [0.25, 0.3) is 0 Å². The standard InChI is InChI=1S/C10H13NO3.C4H9O/c1-14-10(13)9(11)6-7-2-4-8(12)5-3-7;1-2-3-4-5/h2-5,9,12H,6,11H2,1H3;2-4H2,1H3. The summed E-state index contributed by atoms with van der Waals surface area (Å²) in [5.41, 5.74) is 6.45. The van der Waals surface area contributed by atoms with Crippen molar-refractivity contribution in [2.75, 3.05) is 13.7 Å². The van der Waals surface area contributed by atoms with Crippen LogP contribution in [0.2, 0.25) is 0 Å². The molecule has 107 valence electrons. The lowest BCUT2D eigenvalue weighted by atomic mass is 10.1. The van der Waals surface area contributed by atoms with Gasteiger partial charge in [0, 0.05) is 0 Å². The molecule has 5 heteroatoms. The predicted octanol–water partition coefficient (Wildman–Crippen LogP) is 1.65. The molecule has 1 unspecified atom stereocenters. The van der Waals surface area contributed by atoms with E-state index in [0.29, 0.717) is 6.42 Å². The molecule has 0 aliphatic heterocycles. The van der Waals surface area contributed by atoms with Crippen LogP contribution in [0.4, 0.5) is 0 Å². The third-order valence-electron chi connectivity index (χ3n) is 2.39. The second-order valence-corrected chi connectivity index (χ2v) is 4.06. The maximum atomic E-state index is 11.0. The Balaban J connectivity index is 0.000000555. The predicted molar refractivity (Wildman–Crippen MR) is 72.3 cm³/mol. The fourth-order valence-electron chi connectivity index (χ4n) is 1.27. The molecule has 0 aromatic heterocycles. The first-order valence-electron chi connectivity index (χ1n) is 6.24. The molecule has 0 saturated carbocycles. The van der Waals surface area contributed by atoms with Crippen molar-refractivity contribution in [2.45, 2.75) is 32.2 Å². The molecule has 1 aromatic carbocycles. The van der Waals surface area contributed by atoms with Gasteiger partial charge in [-0.05, 0) is 30.5 Å². The number of aromatic hydroxyl groups is 1. The van der Waals surface area contributed by atoms with E-state index in [-0.39, 0.29) is 12.4 Å². The van der Waals surface area contributed by atoms with Gasteiger partial charge in [-0.15, -0.1) is 0 Å². The Kier molecular flexibility index (Phi) is 9.48. The number of esters is 1. The molecule has 0 bridgehead atoms. The Morgan fingerprint density at radius 2 is 1.95 bits per heavy atom. The lowest BCUT2D eigenvalue weighted by Gasteiger charge is -2.08. The topological polar surface area (TPSA) is 92.5 Å². The van der Waals surface area contributed by atoms with Gasteiger partial charge in [-0.1, -0.05) is 25.5 Å². The summed E-state index contributed by atoms with van der Waals surface area (Å²) in [5.74, 6) is -0.238. The van der Waals surface area contributed by atoms with Gasteiger partial charge in [0.05, 0.1) is 13.7 Å².